The zero-order valence-electron chi connectivity index (χ0n) is 24.4. The zero-order valence-corrected chi connectivity index (χ0v) is 25.2. The largest absolute Gasteiger partial charge is 0.494 e. The van der Waals surface area contributed by atoms with Crippen molar-refractivity contribution in [2.24, 2.45) is 4.99 Å². The highest BCUT2D eigenvalue weighted by atomic mass is 32.1. The lowest BCUT2D eigenvalue weighted by atomic mass is 9.95. The number of hydrogen-bond donors (Lipinski definition) is 1. The summed E-state index contributed by atoms with van der Waals surface area (Å²) in [6.07, 6.45) is 1.85. The Morgan fingerprint density at radius 3 is 2.20 bits per heavy atom. The lowest BCUT2D eigenvalue weighted by Crippen LogP contribution is -2.40. The number of rotatable bonds is 9. The van der Waals surface area contributed by atoms with Gasteiger partial charge in [0.25, 0.3) is 11.5 Å². The van der Waals surface area contributed by atoms with Gasteiger partial charge in [-0.1, -0.05) is 84.1 Å². The number of hydrogen-bond acceptors (Lipinski definition) is 6. The molecule has 1 aliphatic heterocycles. The number of ether oxygens (including phenoxy) is 2. The molecular formula is C36H31N3O4S. The van der Waals surface area contributed by atoms with Crippen molar-refractivity contribution < 1.29 is 14.3 Å². The maximum atomic E-state index is 14.0. The van der Waals surface area contributed by atoms with Crippen molar-refractivity contribution in [3.63, 3.8) is 0 Å². The first-order valence-electron chi connectivity index (χ1n) is 14.4. The second kappa shape index (κ2) is 13.0. The molecule has 44 heavy (non-hydrogen) atoms. The second-order valence-corrected chi connectivity index (χ2v) is 11.3. The molecule has 0 saturated carbocycles. The molecule has 1 N–H and O–H groups in total. The van der Waals surface area contributed by atoms with Crippen molar-refractivity contribution in [1.29, 1.82) is 0 Å². The summed E-state index contributed by atoms with van der Waals surface area (Å²) in [6.45, 7) is 4.75. The Hall–Kier alpha value is -5.21. The van der Waals surface area contributed by atoms with Crippen molar-refractivity contribution in [3.05, 3.63) is 157 Å². The zero-order chi connectivity index (χ0) is 30.5. The van der Waals surface area contributed by atoms with Crippen molar-refractivity contribution in [3.8, 4) is 11.5 Å². The summed E-state index contributed by atoms with van der Waals surface area (Å²) in [5, 5.41) is 2.98. The van der Waals surface area contributed by atoms with Gasteiger partial charge in [0.15, 0.2) is 4.80 Å². The van der Waals surface area contributed by atoms with E-state index in [1.165, 1.54) is 11.3 Å². The second-order valence-electron chi connectivity index (χ2n) is 10.2. The topological polar surface area (TPSA) is 81.9 Å². The molecule has 0 saturated heterocycles. The van der Waals surface area contributed by atoms with E-state index in [0.29, 0.717) is 39.5 Å². The third-order valence-electron chi connectivity index (χ3n) is 7.23. The van der Waals surface area contributed by atoms with E-state index < -0.39 is 6.04 Å². The Labute approximate surface area is 259 Å². The van der Waals surface area contributed by atoms with Crippen LogP contribution in [0.25, 0.3) is 6.08 Å². The number of aromatic nitrogens is 1. The quantitative estimate of drug-likeness (QED) is 0.230. The number of fused-ring (bicyclic) bond motifs is 1. The Bertz CT molecular complexity index is 1980. The van der Waals surface area contributed by atoms with E-state index in [1.54, 1.807) is 4.57 Å². The highest BCUT2D eigenvalue weighted by Crippen LogP contribution is 2.32. The van der Waals surface area contributed by atoms with Gasteiger partial charge in [-0.05, 0) is 73.0 Å². The predicted molar refractivity (Wildman–Crippen MR) is 174 cm³/mol. The van der Waals surface area contributed by atoms with Gasteiger partial charge in [0.05, 0.1) is 28.5 Å². The first-order chi connectivity index (χ1) is 21.5. The Balaban J connectivity index is 1.35. The molecule has 220 valence electrons. The first kappa shape index (κ1) is 28.9. The van der Waals surface area contributed by atoms with Crippen molar-refractivity contribution in [1.82, 2.24) is 4.57 Å². The average molecular weight is 602 g/mol. The number of carbonyl (C=O) groups excluding carboxylic acids is 1. The molecule has 0 aliphatic carbocycles. The summed E-state index contributed by atoms with van der Waals surface area (Å²) in [5.41, 5.74) is 4.16. The van der Waals surface area contributed by atoms with Gasteiger partial charge in [0.1, 0.15) is 18.1 Å². The number of carbonyl (C=O) groups is 1. The van der Waals surface area contributed by atoms with Gasteiger partial charge in [-0.3, -0.25) is 14.2 Å². The first-order valence-corrected chi connectivity index (χ1v) is 15.2. The number of anilines is 1. The molecule has 1 aromatic heterocycles. The minimum Gasteiger partial charge on any atom is -0.494 e. The summed E-state index contributed by atoms with van der Waals surface area (Å²) in [5.74, 6) is 1.15. The van der Waals surface area contributed by atoms with E-state index in [9.17, 15) is 9.59 Å². The number of thiazole rings is 1. The van der Waals surface area contributed by atoms with Gasteiger partial charge in [0, 0.05) is 5.69 Å². The van der Waals surface area contributed by atoms with Crippen LogP contribution < -0.4 is 29.7 Å². The van der Waals surface area contributed by atoms with E-state index in [1.807, 2.05) is 129 Å². The van der Waals surface area contributed by atoms with Crippen molar-refractivity contribution in [2.45, 2.75) is 26.5 Å². The average Bonchev–Trinajstić information content (AvgIpc) is 3.35. The van der Waals surface area contributed by atoms with Crippen LogP contribution in [-0.4, -0.2) is 17.1 Å². The smallest absolute Gasteiger partial charge is 0.271 e. The van der Waals surface area contributed by atoms with Crippen LogP contribution in [0.5, 0.6) is 11.5 Å². The number of benzene rings is 4. The van der Waals surface area contributed by atoms with Gasteiger partial charge in [-0.15, -0.1) is 0 Å². The summed E-state index contributed by atoms with van der Waals surface area (Å²) in [7, 11) is 0. The van der Waals surface area contributed by atoms with Crippen molar-refractivity contribution >= 4 is 29.0 Å². The summed E-state index contributed by atoms with van der Waals surface area (Å²) < 4.78 is 13.7. The maximum absolute atomic E-state index is 14.0. The summed E-state index contributed by atoms with van der Waals surface area (Å²) in [4.78, 5) is 33.0. The molecule has 0 radical (unpaired) electrons. The fourth-order valence-electron chi connectivity index (χ4n) is 5.11. The molecule has 5 aromatic rings. The molecule has 2 heterocycles. The Morgan fingerprint density at radius 2 is 1.52 bits per heavy atom. The number of nitrogens with one attached hydrogen (secondary N) is 1. The number of nitrogens with zero attached hydrogens (tertiary/aromatic N) is 2. The highest BCUT2D eigenvalue weighted by molar-refractivity contribution is 7.07. The number of para-hydroxylation sites is 1. The van der Waals surface area contributed by atoms with E-state index in [-0.39, 0.29) is 11.5 Å². The molecule has 0 spiro atoms. The molecule has 8 heteroatoms. The standard InChI is InChI=1S/C36H31N3O4S/c1-3-42-29-20-16-27(17-21-29)33-32(34(40)38-28-12-8-5-9-13-28)24(2)37-36-39(33)35(41)31(44-36)22-25-14-18-30(19-15-25)43-23-26-10-6-4-7-11-26/h4-22,33H,3,23H2,1-2H3,(H,38,40)/b31-22-/t33-/m0/s1. The van der Waals surface area contributed by atoms with Crippen LogP contribution in [0, 0.1) is 0 Å². The van der Waals surface area contributed by atoms with Gasteiger partial charge in [0.2, 0.25) is 0 Å². The fraction of sp³-hybridized carbons (Fsp3) is 0.139. The molecule has 1 aliphatic rings. The number of amides is 1. The molecule has 0 fully saturated rings. The predicted octanol–water partition coefficient (Wildman–Crippen LogP) is 5.85. The van der Waals surface area contributed by atoms with E-state index >= 15 is 0 Å². The molecular weight excluding hydrogens is 570 g/mol. The molecule has 0 bridgehead atoms. The highest BCUT2D eigenvalue weighted by Gasteiger charge is 2.32. The van der Waals surface area contributed by atoms with Crippen LogP contribution in [0.4, 0.5) is 5.69 Å². The Morgan fingerprint density at radius 1 is 0.886 bits per heavy atom. The minimum absolute atomic E-state index is 0.213. The Kier molecular flexibility index (Phi) is 8.52. The van der Waals surface area contributed by atoms with Gasteiger partial charge in [-0.25, -0.2) is 4.99 Å². The molecule has 4 aromatic carbocycles. The maximum Gasteiger partial charge on any atom is 0.271 e. The molecule has 1 atom stereocenters. The van der Waals surface area contributed by atoms with Crippen molar-refractivity contribution in [2.75, 3.05) is 11.9 Å². The summed E-state index contributed by atoms with van der Waals surface area (Å²) in [6, 6.07) is 33.7. The van der Waals surface area contributed by atoms with Gasteiger partial charge < -0.3 is 14.8 Å². The van der Waals surface area contributed by atoms with Crippen LogP contribution in [0.2, 0.25) is 0 Å². The van der Waals surface area contributed by atoms with Crippen LogP contribution in [0.1, 0.15) is 36.6 Å². The van der Waals surface area contributed by atoms with Crippen LogP contribution in [0.15, 0.2) is 130 Å². The molecule has 1 amide bonds. The SMILES string of the molecule is CCOc1ccc([C@H]2C(C(=O)Nc3ccccc3)=C(C)N=c3s/c(=C\c4ccc(OCc5ccccc5)cc4)c(=O)n32)cc1. The van der Waals surface area contributed by atoms with Crippen LogP contribution in [0.3, 0.4) is 0 Å². The van der Waals surface area contributed by atoms with E-state index in [4.69, 9.17) is 14.5 Å². The van der Waals surface area contributed by atoms with E-state index in [0.717, 1.165) is 28.2 Å². The third-order valence-corrected chi connectivity index (χ3v) is 8.21. The van der Waals surface area contributed by atoms with E-state index in [2.05, 4.69) is 5.32 Å². The van der Waals surface area contributed by atoms with Crippen LogP contribution >= 0.6 is 11.3 Å². The van der Waals surface area contributed by atoms with Crippen LogP contribution in [-0.2, 0) is 11.4 Å². The normalized spacial score (nSPS) is 14.5. The lowest BCUT2D eigenvalue weighted by Gasteiger charge is -2.25. The molecule has 7 nitrogen and oxygen atoms in total. The van der Waals surface area contributed by atoms with Gasteiger partial charge >= 0.3 is 0 Å². The fourth-order valence-corrected chi connectivity index (χ4v) is 6.16. The monoisotopic (exact) mass is 601 g/mol. The molecule has 6 rings (SSSR count). The lowest BCUT2D eigenvalue weighted by molar-refractivity contribution is -0.113. The van der Waals surface area contributed by atoms with Gasteiger partial charge in [-0.2, -0.15) is 0 Å². The summed E-state index contributed by atoms with van der Waals surface area (Å²) >= 11 is 1.31. The third kappa shape index (κ3) is 6.26. The number of allylic oxidation sites excluding steroid dienone is 1. The molecule has 0 unspecified atom stereocenters. The minimum atomic E-state index is -0.665.